The molecule has 1 atom stereocenters. The van der Waals surface area contributed by atoms with Crippen LogP contribution < -0.4 is 5.56 Å². The van der Waals surface area contributed by atoms with Crippen molar-refractivity contribution in [3.8, 4) is 0 Å². The first-order valence-corrected chi connectivity index (χ1v) is 9.06. The summed E-state index contributed by atoms with van der Waals surface area (Å²) in [5.41, 5.74) is 1.52. The molecule has 0 saturated carbocycles. The molecule has 0 unspecified atom stereocenters. The highest BCUT2D eigenvalue weighted by Crippen LogP contribution is 2.23. The Hall–Kier alpha value is -3.22. The number of nitrogens with zero attached hydrogens (tertiary/aromatic N) is 4. The largest absolute Gasteiger partial charge is 0.329 e. The van der Waals surface area contributed by atoms with Gasteiger partial charge in [0.1, 0.15) is 5.82 Å². The van der Waals surface area contributed by atoms with Gasteiger partial charge < -0.3 is 14.5 Å². The number of carbonyl (C=O) groups excluding carboxylic acids is 1. The lowest BCUT2D eigenvalue weighted by molar-refractivity contribution is 0.0679. The lowest BCUT2D eigenvalue weighted by Crippen LogP contribution is -2.41. The summed E-state index contributed by atoms with van der Waals surface area (Å²) in [4.78, 5) is 28.2. The third-order valence-electron chi connectivity index (χ3n) is 4.89. The first kappa shape index (κ1) is 17.2. The van der Waals surface area contributed by atoms with Crippen molar-refractivity contribution in [2.45, 2.75) is 32.4 Å². The fourth-order valence-electron chi connectivity index (χ4n) is 3.57. The SMILES string of the molecule is C[C@H]1CN(C(=O)c2ccc(=O)[nH]c2)Cc2nnc(CCc3ccccc3)n21. The zero-order valence-electron chi connectivity index (χ0n) is 15.1. The molecule has 7 heteroatoms. The Bertz CT molecular complexity index is 988. The molecule has 138 valence electrons. The minimum absolute atomic E-state index is 0.0984. The average Bonchev–Trinajstić information content (AvgIpc) is 3.11. The van der Waals surface area contributed by atoms with E-state index in [1.807, 2.05) is 18.2 Å². The van der Waals surface area contributed by atoms with E-state index in [1.54, 1.807) is 11.0 Å². The van der Waals surface area contributed by atoms with Gasteiger partial charge >= 0.3 is 0 Å². The first-order chi connectivity index (χ1) is 13.1. The number of fused-ring (bicyclic) bond motifs is 1. The normalized spacial score (nSPS) is 16.2. The Labute approximate surface area is 156 Å². The number of hydrogen-bond donors (Lipinski definition) is 1. The van der Waals surface area contributed by atoms with Gasteiger partial charge in [-0.1, -0.05) is 30.3 Å². The zero-order valence-corrected chi connectivity index (χ0v) is 15.1. The second-order valence-electron chi connectivity index (χ2n) is 6.86. The fraction of sp³-hybridized carbons (Fsp3) is 0.300. The second kappa shape index (κ2) is 7.19. The Kier molecular flexibility index (Phi) is 4.58. The van der Waals surface area contributed by atoms with Crippen LogP contribution in [0.4, 0.5) is 0 Å². The van der Waals surface area contributed by atoms with E-state index in [0.29, 0.717) is 18.7 Å². The number of pyridine rings is 1. The molecule has 0 spiro atoms. The Morgan fingerprint density at radius 2 is 1.96 bits per heavy atom. The van der Waals surface area contributed by atoms with Crippen LogP contribution in [0, 0.1) is 0 Å². The Morgan fingerprint density at radius 3 is 2.70 bits per heavy atom. The highest BCUT2D eigenvalue weighted by molar-refractivity contribution is 5.93. The van der Waals surface area contributed by atoms with Gasteiger partial charge in [0, 0.05) is 25.2 Å². The molecule has 3 aromatic rings. The molecule has 2 aromatic heterocycles. The van der Waals surface area contributed by atoms with Crippen LogP contribution in [0.5, 0.6) is 0 Å². The quantitative estimate of drug-likeness (QED) is 0.768. The summed E-state index contributed by atoms with van der Waals surface area (Å²) in [6, 6.07) is 13.3. The minimum Gasteiger partial charge on any atom is -0.329 e. The predicted octanol–water partition coefficient (Wildman–Crippen LogP) is 1.97. The van der Waals surface area contributed by atoms with Crippen LogP contribution in [0.1, 0.15) is 40.5 Å². The van der Waals surface area contributed by atoms with Crippen molar-refractivity contribution < 1.29 is 4.79 Å². The minimum atomic E-state index is -0.221. The standard InChI is InChI=1S/C20H21N5O2/c1-14-12-24(20(27)16-8-10-19(26)21-11-16)13-18-23-22-17(25(14)18)9-7-15-5-3-2-4-6-15/h2-6,8,10-11,14H,7,9,12-13H2,1H3,(H,21,26)/t14-/m0/s1. The molecule has 4 rings (SSSR count). The highest BCUT2D eigenvalue weighted by Gasteiger charge is 2.29. The van der Waals surface area contributed by atoms with Crippen LogP contribution >= 0.6 is 0 Å². The number of hydrogen-bond acceptors (Lipinski definition) is 4. The van der Waals surface area contributed by atoms with Crippen LogP contribution in [0.3, 0.4) is 0 Å². The second-order valence-corrected chi connectivity index (χ2v) is 6.86. The van der Waals surface area contributed by atoms with E-state index in [9.17, 15) is 9.59 Å². The van der Waals surface area contributed by atoms with E-state index in [4.69, 9.17) is 0 Å². The van der Waals surface area contributed by atoms with E-state index in [0.717, 1.165) is 24.5 Å². The molecule has 3 heterocycles. The number of nitrogens with one attached hydrogen (secondary N) is 1. The number of carbonyl (C=O) groups is 1. The fourth-order valence-corrected chi connectivity index (χ4v) is 3.57. The smallest absolute Gasteiger partial charge is 0.255 e. The first-order valence-electron chi connectivity index (χ1n) is 9.06. The number of H-pyrrole nitrogens is 1. The number of aromatic amines is 1. The van der Waals surface area contributed by atoms with Crippen LogP contribution in [-0.2, 0) is 19.4 Å². The van der Waals surface area contributed by atoms with Gasteiger partial charge in [-0.25, -0.2) is 0 Å². The van der Waals surface area contributed by atoms with Gasteiger partial charge in [-0.05, 0) is 25.0 Å². The maximum atomic E-state index is 12.7. The van der Waals surface area contributed by atoms with Crippen molar-refractivity contribution in [3.05, 3.63) is 81.8 Å². The molecular weight excluding hydrogens is 342 g/mol. The lowest BCUT2D eigenvalue weighted by atomic mass is 10.1. The molecule has 27 heavy (non-hydrogen) atoms. The van der Waals surface area contributed by atoms with Gasteiger partial charge in [-0.3, -0.25) is 9.59 Å². The van der Waals surface area contributed by atoms with Crippen LogP contribution in [0.2, 0.25) is 0 Å². The Balaban J connectivity index is 1.50. The molecule has 1 aromatic carbocycles. The van der Waals surface area contributed by atoms with Crippen LogP contribution in [-0.4, -0.2) is 37.1 Å². The summed E-state index contributed by atoms with van der Waals surface area (Å²) < 4.78 is 2.15. The molecule has 1 aliphatic rings. The Morgan fingerprint density at radius 1 is 1.15 bits per heavy atom. The van der Waals surface area contributed by atoms with Crippen LogP contribution in [0.15, 0.2) is 53.5 Å². The number of amides is 1. The monoisotopic (exact) mass is 363 g/mol. The van der Waals surface area contributed by atoms with E-state index in [2.05, 4.69) is 38.8 Å². The van der Waals surface area contributed by atoms with Gasteiger partial charge in [0.2, 0.25) is 5.56 Å². The average molecular weight is 363 g/mol. The summed E-state index contributed by atoms with van der Waals surface area (Å²) in [6.45, 7) is 3.08. The topological polar surface area (TPSA) is 83.9 Å². The van der Waals surface area contributed by atoms with Crippen LogP contribution in [0.25, 0.3) is 0 Å². The van der Waals surface area contributed by atoms with Crippen molar-refractivity contribution in [3.63, 3.8) is 0 Å². The van der Waals surface area contributed by atoms with Crippen molar-refractivity contribution >= 4 is 5.91 Å². The molecular formula is C20H21N5O2. The highest BCUT2D eigenvalue weighted by atomic mass is 16.2. The third-order valence-corrected chi connectivity index (χ3v) is 4.89. The van der Waals surface area contributed by atoms with E-state index < -0.39 is 0 Å². The summed E-state index contributed by atoms with van der Waals surface area (Å²) in [6.07, 6.45) is 3.18. The molecule has 0 aliphatic carbocycles. The molecule has 0 fully saturated rings. The summed E-state index contributed by atoms with van der Waals surface area (Å²) in [7, 11) is 0. The molecule has 7 nitrogen and oxygen atoms in total. The molecule has 0 saturated heterocycles. The number of rotatable bonds is 4. The third kappa shape index (κ3) is 3.53. The maximum Gasteiger partial charge on any atom is 0.255 e. The van der Waals surface area contributed by atoms with Crippen molar-refractivity contribution in [2.75, 3.05) is 6.54 Å². The van der Waals surface area contributed by atoms with Gasteiger partial charge in [0.05, 0.1) is 18.2 Å². The van der Waals surface area contributed by atoms with Crippen molar-refractivity contribution in [2.24, 2.45) is 0 Å². The number of aromatic nitrogens is 4. The van der Waals surface area contributed by atoms with Gasteiger partial charge in [0.15, 0.2) is 5.82 Å². The molecule has 0 radical (unpaired) electrons. The van der Waals surface area contributed by atoms with E-state index in [-0.39, 0.29) is 17.5 Å². The van der Waals surface area contributed by atoms with Crippen molar-refractivity contribution in [1.29, 1.82) is 0 Å². The molecule has 1 amide bonds. The van der Waals surface area contributed by atoms with Gasteiger partial charge in [0.25, 0.3) is 5.91 Å². The summed E-state index contributed by atoms with van der Waals surface area (Å²) in [5.74, 6) is 1.64. The lowest BCUT2D eigenvalue weighted by Gasteiger charge is -2.32. The van der Waals surface area contributed by atoms with E-state index in [1.165, 1.54) is 17.8 Å². The zero-order chi connectivity index (χ0) is 18.8. The maximum absolute atomic E-state index is 12.7. The number of benzene rings is 1. The predicted molar refractivity (Wildman–Crippen MR) is 100 cm³/mol. The van der Waals surface area contributed by atoms with Crippen molar-refractivity contribution in [1.82, 2.24) is 24.6 Å². The summed E-state index contributed by atoms with van der Waals surface area (Å²) in [5, 5.41) is 8.69. The molecule has 1 aliphatic heterocycles. The summed E-state index contributed by atoms with van der Waals surface area (Å²) >= 11 is 0. The molecule has 0 bridgehead atoms. The molecule has 1 N–H and O–H groups in total. The van der Waals surface area contributed by atoms with Gasteiger partial charge in [-0.2, -0.15) is 0 Å². The number of aryl methyl sites for hydroxylation is 2. The van der Waals surface area contributed by atoms with E-state index >= 15 is 0 Å². The van der Waals surface area contributed by atoms with Gasteiger partial charge in [-0.15, -0.1) is 10.2 Å².